The van der Waals surface area contributed by atoms with Crippen molar-refractivity contribution in [3.8, 4) is 0 Å². The Balaban J connectivity index is 1.22. The number of rotatable bonds is 4. The van der Waals surface area contributed by atoms with E-state index in [9.17, 15) is 19.5 Å². The molecule has 1 N–H and O–H groups in total. The van der Waals surface area contributed by atoms with Gasteiger partial charge < -0.3 is 19.3 Å². The molecule has 2 aliphatic heterocycles. The van der Waals surface area contributed by atoms with Crippen LogP contribution < -0.4 is 0 Å². The summed E-state index contributed by atoms with van der Waals surface area (Å²) >= 11 is 0. The Bertz CT molecular complexity index is 1110. The zero-order valence-corrected chi connectivity index (χ0v) is 22.6. The second kappa shape index (κ2) is 8.25. The third-order valence-electron chi connectivity index (χ3n) is 11.9. The summed E-state index contributed by atoms with van der Waals surface area (Å²) < 4.78 is 17.3. The monoisotopic (exact) mass is 512 g/mol. The van der Waals surface area contributed by atoms with Crippen molar-refractivity contribution in [2.45, 2.75) is 97.1 Å². The number of fused-ring (bicyclic) bond motifs is 4. The van der Waals surface area contributed by atoms with E-state index in [0.717, 1.165) is 37.7 Å². The molecular weight excluding hydrogens is 472 g/mol. The Kier molecular flexibility index (Phi) is 5.64. The zero-order valence-electron chi connectivity index (χ0n) is 22.6. The van der Waals surface area contributed by atoms with Gasteiger partial charge in [0.2, 0.25) is 0 Å². The third-order valence-corrected chi connectivity index (χ3v) is 11.9. The molecule has 7 nitrogen and oxygen atoms in total. The first kappa shape index (κ1) is 25.3. The second-order valence-electron chi connectivity index (χ2n) is 13.2. The number of aliphatic hydroxyl groups is 1. The lowest BCUT2D eigenvalue weighted by Gasteiger charge is -2.58. The van der Waals surface area contributed by atoms with E-state index in [0.29, 0.717) is 29.7 Å². The van der Waals surface area contributed by atoms with E-state index in [2.05, 4.69) is 20.8 Å². The van der Waals surface area contributed by atoms with E-state index in [1.165, 1.54) is 6.92 Å². The number of allylic oxidation sites excluding steroid dienone is 1. The largest absolute Gasteiger partial charge is 0.461 e. The lowest BCUT2D eigenvalue weighted by molar-refractivity contribution is -0.156. The first-order valence-electron chi connectivity index (χ1n) is 14.1. The summed E-state index contributed by atoms with van der Waals surface area (Å²) in [7, 11) is 0. The van der Waals surface area contributed by atoms with Crippen LogP contribution in [-0.4, -0.2) is 53.3 Å². The van der Waals surface area contributed by atoms with Gasteiger partial charge in [0.05, 0.1) is 17.1 Å². The van der Waals surface area contributed by atoms with E-state index >= 15 is 0 Å². The third kappa shape index (κ3) is 3.28. The van der Waals surface area contributed by atoms with E-state index in [1.54, 1.807) is 12.2 Å². The van der Waals surface area contributed by atoms with Gasteiger partial charge in [-0.1, -0.05) is 19.4 Å². The summed E-state index contributed by atoms with van der Waals surface area (Å²) in [6, 6.07) is 0. The van der Waals surface area contributed by atoms with Gasteiger partial charge in [0.15, 0.2) is 5.78 Å². The van der Waals surface area contributed by atoms with Gasteiger partial charge in [0, 0.05) is 13.3 Å². The molecule has 37 heavy (non-hydrogen) atoms. The molecule has 1 saturated heterocycles. The number of carbonyl (C=O) groups excluding carboxylic acids is 3. The molecular formula is C30H40O7. The van der Waals surface area contributed by atoms with E-state index in [-0.39, 0.29) is 47.8 Å². The number of esters is 2. The van der Waals surface area contributed by atoms with Crippen LogP contribution >= 0.6 is 0 Å². The van der Waals surface area contributed by atoms with Gasteiger partial charge in [0.25, 0.3) is 0 Å². The lowest BCUT2D eigenvalue weighted by Crippen LogP contribution is -2.63. The fourth-order valence-electron chi connectivity index (χ4n) is 9.85. The quantitative estimate of drug-likeness (QED) is 0.450. The fraction of sp³-hybridized carbons (Fsp3) is 0.767. The molecule has 3 saturated carbocycles. The highest BCUT2D eigenvalue weighted by molar-refractivity contribution is 5.98. The zero-order chi connectivity index (χ0) is 26.5. The minimum Gasteiger partial charge on any atom is -0.461 e. The number of ether oxygens (including phenoxy) is 3. The normalized spacial score (nSPS) is 48.9. The van der Waals surface area contributed by atoms with Crippen molar-refractivity contribution >= 4 is 17.7 Å². The van der Waals surface area contributed by atoms with Crippen LogP contribution in [0.25, 0.3) is 0 Å². The smallest absolute Gasteiger partial charge is 0.337 e. The number of hydrogen-bond acceptors (Lipinski definition) is 7. The van der Waals surface area contributed by atoms with Gasteiger partial charge in [-0.2, -0.15) is 0 Å². The van der Waals surface area contributed by atoms with Crippen LogP contribution in [0.15, 0.2) is 23.3 Å². The molecule has 0 radical (unpaired) electrons. The highest BCUT2D eigenvalue weighted by Crippen LogP contribution is 2.73. The van der Waals surface area contributed by atoms with Gasteiger partial charge in [-0.15, -0.1) is 0 Å². The molecule has 0 bridgehead atoms. The van der Waals surface area contributed by atoms with Crippen molar-refractivity contribution in [3.63, 3.8) is 0 Å². The molecule has 0 aromatic rings. The van der Waals surface area contributed by atoms with Crippen LogP contribution in [0.2, 0.25) is 0 Å². The molecule has 6 rings (SSSR count). The molecule has 202 valence electrons. The molecule has 0 aromatic heterocycles. The first-order valence-corrected chi connectivity index (χ1v) is 14.1. The molecule has 0 aromatic carbocycles. The van der Waals surface area contributed by atoms with E-state index < -0.39 is 23.1 Å². The van der Waals surface area contributed by atoms with Crippen LogP contribution in [0.1, 0.15) is 73.1 Å². The van der Waals surface area contributed by atoms with E-state index in [1.807, 2.05) is 6.92 Å². The average Bonchev–Trinajstić information content (AvgIpc) is 3.47. The Morgan fingerprint density at radius 3 is 2.68 bits per heavy atom. The van der Waals surface area contributed by atoms with Crippen molar-refractivity contribution in [2.24, 2.45) is 40.4 Å². The van der Waals surface area contributed by atoms with Crippen LogP contribution in [0.3, 0.4) is 0 Å². The minimum absolute atomic E-state index is 0.0283. The molecule has 4 aliphatic carbocycles. The van der Waals surface area contributed by atoms with E-state index in [4.69, 9.17) is 14.2 Å². The molecule has 7 heteroatoms. The summed E-state index contributed by atoms with van der Waals surface area (Å²) in [5.74, 6) is 1.07. The summed E-state index contributed by atoms with van der Waals surface area (Å²) in [5, 5.41) is 10.9. The van der Waals surface area contributed by atoms with Crippen molar-refractivity contribution in [1.82, 2.24) is 0 Å². The highest BCUT2D eigenvalue weighted by Gasteiger charge is 2.80. The van der Waals surface area contributed by atoms with Crippen LogP contribution in [0, 0.1) is 40.4 Å². The van der Waals surface area contributed by atoms with Gasteiger partial charge in [-0.05, 0) is 93.1 Å². The Hall–Kier alpha value is -1.99. The lowest BCUT2D eigenvalue weighted by atomic mass is 9.44. The van der Waals surface area contributed by atoms with Gasteiger partial charge in [0.1, 0.15) is 24.4 Å². The first-order chi connectivity index (χ1) is 17.4. The molecule has 11 atom stereocenters. The molecule has 0 amide bonds. The highest BCUT2D eigenvalue weighted by atomic mass is 16.6. The number of aliphatic hydroxyl groups excluding tert-OH is 1. The van der Waals surface area contributed by atoms with Crippen LogP contribution in [0.4, 0.5) is 0 Å². The molecule has 4 fully saturated rings. The summed E-state index contributed by atoms with van der Waals surface area (Å²) in [4.78, 5) is 37.4. The standard InChI is InChI=1S/C30H40O7/c1-15-12-23(36-27(34)19(15)14-35-17(3)31)16(2)20-6-7-21-18-13-26-30(37-26)25(33)9-8-24(32)29(30,5)22(18)10-11-28(20,21)4/h8-9,16,18,20-23,25-26,33H,6-7,10-14H2,1-5H3/t16-,18-,20+,21-,22+,23+,25-,26+,28+,29-,30+/m0/s1. The molecule has 2 heterocycles. The van der Waals surface area contributed by atoms with Gasteiger partial charge >= 0.3 is 11.9 Å². The Morgan fingerprint density at radius 2 is 1.97 bits per heavy atom. The van der Waals surface area contributed by atoms with Crippen molar-refractivity contribution in [2.75, 3.05) is 6.61 Å². The molecule has 1 spiro atoms. The van der Waals surface area contributed by atoms with Crippen LogP contribution in [-0.2, 0) is 28.6 Å². The number of ketones is 1. The van der Waals surface area contributed by atoms with Crippen molar-refractivity contribution in [1.29, 1.82) is 0 Å². The summed E-state index contributed by atoms with van der Waals surface area (Å²) in [5.41, 5.74) is 0.121. The van der Waals surface area contributed by atoms with Crippen molar-refractivity contribution < 1.29 is 33.7 Å². The number of carbonyl (C=O) groups is 3. The molecule has 6 aliphatic rings. The minimum atomic E-state index is -0.733. The number of epoxide rings is 1. The number of cyclic esters (lactones) is 1. The topological polar surface area (TPSA) is 102 Å². The molecule has 0 unspecified atom stereocenters. The number of hydrogen-bond donors (Lipinski definition) is 1. The maximum atomic E-state index is 13.3. The maximum absolute atomic E-state index is 13.3. The van der Waals surface area contributed by atoms with Gasteiger partial charge in [-0.3, -0.25) is 9.59 Å². The summed E-state index contributed by atoms with van der Waals surface area (Å²) in [6.07, 6.45) is 8.05. The van der Waals surface area contributed by atoms with Crippen molar-refractivity contribution in [3.05, 3.63) is 23.3 Å². The Labute approximate surface area is 219 Å². The SMILES string of the molecule is CC(=O)OCC1=C(C)C[C@H]([C@@H](C)[C@H]2CC[C@H]3[C@@H]4C[C@H]5O[C@]56[C@@H](O)C=CC(=O)[C@]6(C)[C@@H]4CC[C@]23C)OC1=O. The summed E-state index contributed by atoms with van der Waals surface area (Å²) in [6.45, 7) is 9.97. The fourth-order valence-corrected chi connectivity index (χ4v) is 9.85. The average molecular weight is 513 g/mol. The van der Waals surface area contributed by atoms with Crippen LogP contribution in [0.5, 0.6) is 0 Å². The second-order valence-corrected chi connectivity index (χ2v) is 13.2. The Morgan fingerprint density at radius 1 is 1.22 bits per heavy atom. The maximum Gasteiger partial charge on any atom is 0.337 e. The van der Waals surface area contributed by atoms with Gasteiger partial charge in [-0.25, -0.2) is 4.79 Å². The predicted octanol–water partition coefficient (Wildman–Crippen LogP) is 3.92. The predicted molar refractivity (Wildman–Crippen MR) is 134 cm³/mol.